The van der Waals surface area contributed by atoms with Gasteiger partial charge >= 0.3 is 0 Å². The van der Waals surface area contributed by atoms with Crippen molar-refractivity contribution >= 4 is 0 Å². The fraction of sp³-hybridized carbons (Fsp3) is 0.214. The van der Waals surface area contributed by atoms with E-state index in [4.69, 9.17) is 4.74 Å². The van der Waals surface area contributed by atoms with Crippen LogP contribution in [0, 0.1) is 11.6 Å². The second-order valence-corrected chi connectivity index (χ2v) is 4.09. The Hall–Kier alpha value is -2.01. The van der Waals surface area contributed by atoms with Gasteiger partial charge in [-0.15, -0.1) is 0 Å². The van der Waals surface area contributed by atoms with Crippen molar-refractivity contribution in [3.8, 4) is 5.88 Å². The van der Waals surface area contributed by atoms with E-state index in [2.05, 4.69) is 4.98 Å². The van der Waals surface area contributed by atoms with Crippen LogP contribution in [0.4, 0.5) is 8.78 Å². The first kappa shape index (κ1) is 13.4. The predicted octanol–water partition coefficient (Wildman–Crippen LogP) is 2.64. The molecule has 0 bridgehead atoms. The maximum atomic E-state index is 13.5. The highest BCUT2D eigenvalue weighted by Gasteiger charge is 2.14. The molecule has 1 atom stereocenters. The molecule has 1 aromatic carbocycles. The lowest BCUT2D eigenvalue weighted by atomic mass is 10.0. The van der Waals surface area contributed by atoms with Gasteiger partial charge in [0.2, 0.25) is 5.88 Å². The average Bonchev–Trinajstić information content (AvgIpc) is 2.42. The first-order valence-electron chi connectivity index (χ1n) is 5.72. The number of hydrogen-bond donors (Lipinski definition) is 1. The molecule has 1 heterocycles. The summed E-state index contributed by atoms with van der Waals surface area (Å²) in [5.74, 6) is -0.756. The first-order chi connectivity index (χ1) is 9.10. The Morgan fingerprint density at radius 1 is 1.26 bits per heavy atom. The third-order valence-electron chi connectivity index (χ3n) is 2.75. The summed E-state index contributed by atoms with van der Waals surface area (Å²) in [6.45, 7) is 0. The zero-order valence-electron chi connectivity index (χ0n) is 10.3. The van der Waals surface area contributed by atoms with Crippen molar-refractivity contribution < 1.29 is 18.6 Å². The van der Waals surface area contributed by atoms with Crippen LogP contribution in [-0.4, -0.2) is 17.2 Å². The number of aromatic nitrogens is 1. The molecule has 1 unspecified atom stereocenters. The van der Waals surface area contributed by atoms with Crippen LogP contribution in [0.5, 0.6) is 5.88 Å². The molecule has 0 aliphatic carbocycles. The van der Waals surface area contributed by atoms with E-state index in [9.17, 15) is 13.9 Å². The monoisotopic (exact) mass is 265 g/mol. The van der Waals surface area contributed by atoms with Crippen LogP contribution in [0.15, 0.2) is 36.5 Å². The number of ether oxygens (including phenoxy) is 1. The van der Waals surface area contributed by atoms with Gasteiger partial charge < -0.3 is 9.84 Å². The Morgan fingerprint density at radius 3 is 2.68 bits per heavy atom. The summed E-state index contributed by atoms with van der Waals surface area (Å²) in [6, 6.07) is 6.37. The molecule has 0 radical (unpaired) electrons. The number of aliphatic hydroxyl groups is 1. The zero-order chi connectivity index (χ0) is 13.8. The molecule has 5 heteroatoms. The molecule has 0 amide bonds. The number of aliphatic hydroxyl groups excluding tert-OH is 1. The summed E-state index contributed by atoms with van der Waals surface area (Å²) < 4.78 is 31.4. The number of nitrogens with zero attached hydrogens (tertiary/aromatic N) is 1. The van der Waals surface area contributed by atoms with Gasteiger partial charge in [0.15, 0.2) is 0 Å². The van der Waals surface area contributed by atoms with Crippen molar-refractivity contribution in [3.05, 3.63) is 59.3 Å². The molecule has 0 aliphatic rings. The van der Waals surface area contributed by atoms with Crippen LogP contribution < -0.4 is 4.74 Å². The van der Waals surface area contributed by atoms with E-state index in [0.717, 1.165) is 18.2 Å². The van der Waals surface area contributed by atoms with E-state index in [1.807, 2.05) is 0 Å². The molecular formula is C14H13F2NO2. The third kappa shape index (κ3) is 3.26. The lowest BCUT2D eigenvalue weighted by Gasteiger charge is -2.12. The molecule has 0 aliphatic heterocycles. The molecule has 0 saturated heterocycles. The van der Waals surface area contributed by atoms with Gasteiger partial charge in [-0.25, -0.2) is 13.8 Å². The Morgan fingerprint density at radius 2 is 2.05 bits per heavy atom. The maximum absolute atomic E-state index is 13.5. The Balaban J connectivity index is 2.15. The van der Waals surface area contributed by atoms with Gasteiger partial charge in [0.25, 0.3) is 0 Å². The van der Waals surface area contributed by atoms with Crippen LogP contribution in [0.3, 0.4) is 0 Å². The quantitative estimate of drug-likeness (QED) is 0.924. The van der Waals surface area contributed by atoms with E-state index in [-0.39, 0.29) is 12.0 Å². The molecule has 1 N–H and O–H groups in total. The number of methoxy groups -OCH3 is 1. The smallest absolute Gasteiger partial charge is 0.212 e. The summed E-state index contributed by atoms with van der Waals surface area (Å²) in [7, 11) is 1.50. The SMILES string of the molecule is COc1ccc(CC(O)c2cc(F)ccc2F)cn1. The highest BCUT2D eigenvalue weighted by molar-refractivity contribution is 5.24. The maximum Gasteiger partial charge on any atom is 0.212 e. The minimum Gasteiger partial charge on any atom is -0.481 e. The number of hydrogen-bond acceptors (Lipinski definition) is 3. The lowest BCUT2D eigenvalue weighted by Crippen LogP contribution is -2.05. The molecule has 1 aromatic heterocycles. The Kier molecular flexibility index (Phi) is 4.06. The minimum atomic E-state index is -1.12. The second kappa shape index (κ2) is 5.75. The van der Waals surface area contributed by atoms with E-state index >= 15 is 0 Å². The zero-order valence-corrected chi connectivity index (χ0v) is 10.3. The lowest BCUT2D eigenvalue weighted by molar-refractivity contribution is 0.173. The predicted molar refractivity (Wildman–Crippen MR) is 65.8 cm³/mol. The highest BCUT2D eigenvalue weighted by Crippen LogP contribution is 2.22. The van der Waals surface area contributed by atoms with Crippen LogP contribution in [-0.2, 0) is 6.42 Å². The van der Waals surface area contributed by atoms with E-state index in [1.54, 1.807) is 12.1 Å². The van der Waals surface area contributed by atoms with Gasteiger partial charge in [0, 0.05) is 24.2 Å². The van der Waals surface area contributed by atoms with E-state index < -0.39 is 17.7 Å². The van der Waals surface area contributed by atoms with Gasteiger partial charge in [-0.1, -0.05) is 6.07 Å². The number of pyridine rings is 1. The molecule has 19 heavy (non-hydrogen) atoms. The van der Waals surface area contributed by atoms with Gasteiger partial charge in [-0.05, 0) is 23.8 Å². The fourth-order valence-corrected chi connectivity index (χ4v) is 1.76. The number of halogens is 2. The van der Waals surface area contributed by atoms with Crippen molar-refractivity contribution in [1.82, 2.24) is 4.98 Å². The Labute approximate surface area is 109 Å². The highest BCUT2D eigenvalue weighted by atomic mass is 19.1. The van der Waals surface area contributed by atoms with E-state index in [0.29, 0.717) is 11.4 Å². The van der Waals surface area contributed by atoms with Crippen molar-refractivity contribution in [2.24, 2.45) is 0 Å². The van der Waals surface area contributed by atoms with E-state index in [1.165, 1.54) is 13.3 Å². The molecule has 0 fully saturated rings. The fourth-order valence-electron chi connectivity index (χ4n) is 1.76. The first-order valence-corrected chi connectivity index (χ1v) is 5.72. The summed E-state index contributed by atoms with van der Waals surface area (Å²) >= 11 is 0. The summed E-state index contributed by atoms with van der Waals surface area (Å²) in [5.41, 5.74) is 0.646. The second-order valence-electron chi connectivity index (χ2n) is 4.09. The number of benzene rings is 1. The van der Waals surface area contributed by atoms with Crippen molar-refractivity contribution in [3.63, 3.8) is 0 Å². The molecular weight excluding hydrogens is 252 g/mol. The van der Waals surface area contributed by atoms with Gasteiger partial charge in [0.05, 0.1) is 13.2 Å². The number of rotatable bonds is 4. The standard InChI is InChI=1S/C14H13F2NO2/c1-19-14-5-2-9(8-17-14)6-13(18)11-7-10(15)3-4-12(11)16/h2-5,7-8,13,18H,6H2,1H3. The Bertz CT molecular complexity index is 558. The summed E-state index contributed by atoms with van der Waals surface area (Å²) in [6.07, 6.45) is 0.558. The minimum absolute atomic E-state index is 0.0594. The molecule has 2 aromatic rings. The topological polar surface area (TPSA) is 42.4 Å². The van der Waals surface area contributed by atoms with Gasteiger partial charge in [-0.2, -0.15) is 0 Å². The normalized spacial score (nSPS) is 12.2. The summed E-state index contributed by atoms with van der Waals surface area (Å²) in [5, 5.41) is 9.94. The van der Waals surface area contributed by atoms with Crippen LogP contribution in [0.2, 0.25) is 0 Å². The van der Waals surface area contributed by atoms with Crippen molar-refractivity contribution in [2.45, 2.75) is 12.5 Å². The summed E-state index contributed by atoms with van der Waals surface area (Å²) in [4.78, 5) is 3.98. The van der Waals surface area contributed by atoms with Crippen LogP contribution in [0.1, 0.15) is 17.2 Å². The van der Waals surface area contributed by atoms with Crippen molar-refractivity contribution in [1.29, 1.82) is 0 Å². The van der Waals surface area contributed by atoms with Crippen LogP contribution in [0.25, 0.3) is 0 Å². The molecule has 0 spiro atoms. The van der Waals surface area contributed by atoms with Gasteiger partial charge in [-0.3, -0.25) is 0 Å². The average molecular weight is 265 g/mol. The van der Waals surface area contributed by atoms with Gasteiger partial charge in [0.1, 0.15) is 11.6 Å². The molecule has 100 valence electrons. The van der Waals surface area contributed by atoms with Crippen molar-refractivity contribution in [2.75, 3.05) is 7.11 Å². The molecule has 0 saturated carbocycles. The largest absolute Gasteiger partial charge is 0.481 e. The van der Waals surface area contributed by atoms with Crippen LogP contribution >= 0.6 is 0 Å². The molecule has 2 rings (SSSR count). The third-order valence-corrected chi connectivity index (χ3v) is 2.75. The molecule has 3 nitrogen and oxygen atoms in total.